The Balaban J connectivity index is 1.25. The van der Waals surface area contributed by atoms with Crippen LogP contribution in [0.25, 0.3) is 33.2 Å². The van der Waals surface area contributed by atoms with E-state index in [4.69, 9.17) is 9.72 Å². The maximum absolute atomic E-state index is 12.9. The van der Waals surface area contributed by atoms with Crippen LogP contribution in [-0.2, 0) is 17.8 Å². The number of nitrogens with one attached hydrogen (secondary N) is 2. The number of morpholine rings is 1. The number of hydrogen-bond donors (Lipinski definition) is 2. The molecule has 1 aliphatic heterocycles. The maximum Gasteiger partial charge on any atom is 0.259 e. The van der Waals surface area contributed by atoms with E-state index >= 15 is 0 Å². The van der Waals surface area contributed by atoms with Gasteiger partial charge in [-0.25, -0.2) is 4.98 Å². The molecule has 0 spiro atoms. The van der Waals surface area contributed by atoms with E-state index in [-0.39, 0.29) is 5.56 Å². The molecule has 0 saturated carbocycles. The molecule has 1 aliphatic rings. The van der Waals surface area contributed by atoms with E-state index < -0.39 is 0 Å². The maximum atomic E-state index is 12.9. The first-order valence-corrected chi connectivity index (χ1v) is 14.2. The fourth-order valence-corrected chi connectivity index (χ4v) is 5.32. The van der Waals surface area contributed by atoms with Gasteiger partial charge in [-0.05, 0) is 53.6 Å². The number of ether oxygens (including phenoxy) is 1. The lowest BCUT2D eigenvalue weighted by atomic mass is 10.0. The first kappa shape index (κ1) is 26.9. The molecule has 0 amide bonds. The fraction of sp³-hybridized carbons (Fsp3) is 0.355. The first-order chi connectivity index (χ1) is 19.9. The molecule has 5 heterocycles. The van der Waals surface area contributed by atoms with Gasteiger partial charge in [0.15, 0.2) is 0 Å². The normalized spacial score (nSPS) is 14.2. The van der Waals surface area contributed by atoms with Gasteiger partial charge in [0.1, 0.15) is 5.82 Å². The van der Waals surface area contributed by atoms with Crippen molar-refractivity contribution >= 4 is 22.3 Å². The molecule has 6 rings (SSSR count). The van der Waals surface area contributed by atoms with Crippen LogP contribution in [-0.4, -0.2) is 67.3 Å². The molecule has 0 unspecified atom stereocenters. The van der Waals surface area contributed by atoms with E-state index in [1.807, 2.05) is 46.2 Å². The zero-order valence-corrected chi connectivity index (χ0v) is 23.8. The average molecular weight is 553 g/mol. The molecule has 212 valence electrons. The van der Waals surface area contributed by atoms with Crippen molar-refractivity contribution in [1.29, 1.82) is 0 Å². The summed E-state index contributed by atoms with van der Waals surface area (Å²) in [6.07, 6.45) is 9.53. The lowest BCUT2D eigenvalue weighted by Gasteiger charge is -2.26. The third kappa shape index (κ3) is 6.08. The second-order valence-corrected chi connectivity index (χ2v) is 11.1. The minimum absolute atomic E-state index is 0.183. The van der Waals surface area contributed by atoms with Crippen LogP contribution < -0.4 is 10.9 Å². The smallest absolute Gasteiger partial charge is 0.259 e. The molecule has 5 aromatic rings. The summed E-state index contributed by atoms with van der Waals surface area (Å²) in [5.41, 5.74) is 5.65. The van der Waals surface area contributed by atoms with Gasteiger partial charge in [-0.1, -0.05) is 19.9 Å². The summed E-state index contributed by atoms with van der Waals surface area (Å²) in [6, 6.07) is 10.0. The van der Waals surface area contributed by atoms with Gasteiger partial charge in [-0.3, -0.25) is 19.1 Å². The van der Waals surface area contributed by atoms with Crippen molar-refractivity contribution in [3.05, 3.63) is 77.2 Å². The van der Waals surface area contributed by atoms with Crippen molar-refractivity contribution in [2.45, 2.75) is 33.9 Å². The summed E-state index contributed by atoms with van der Waals surface area (Å²) in [7, 11) is 0. The standard InChI is InChI=1S/C31H36N8O2/c1-21(2)18-39-20-25(17-34-39)28-15-23-6-7-32-31(40)29(23)30(36-28)35-26-4-5-27(22(3)14-26)24-16-33-38(19-24)9-8-37-10-12-41-13-11-37/h4-7,14-17,19-21H,8-13,18H2,1-3H3,(H,32,40)(H,35,36). The third-order valence-corrected chi connectivity index (χ3v) is 7.42. The Labute approximate surface area is 239 Å². The summed E-state index contributed by atoms with van der Waals surface area (Å²) in [5.74, 6) is 0.998. The van der Waals surface area contributed by atoms with E-state index in [0.717, 1.165) is 85.0 Å². The summed E-state index contributed by atoms with van der Waals surface area (Å²) in [4.78, 5) is 22.9. The van der Waals surface area contributed by atoms with Crippen LogP contribution >= 0.6 is 0 Å². The number of pyridine rings is 2. The number of anilines is 2. The van der Waals surface area contributed by atoms with Crippen LogP contribution in [0.3, 0.4) is 0 Å². The molecule has 10 heteroatoms. The molecule has 0 bridgehead atoms. The number of benzene rings is 1. The topological polar surface area (TPSA) is 106 Å². The van der Waals surface area contributed by atoms with E-state index in [1.165, 1.54) is 0 Å². The average Bonchev–Trinajstić information content (AvgIpc) is 3.62. The summed E-state index contributed by atoms with van der Waals surface area (Å²) in [6.45, 7) is 12.6. The molecular formula is C31H36N8O2. The summed E-state index contributed by atoms with van der Waals surface area (Å²) in [5, 5.41) is 13.9. The van der Waals surface area contributed by atoms with Crippen LogP contribution in [0, 0.1) is 12.8 Å². The summed E-state index contributed by atoms with van der Waals surface area (Å²) >= 11 is 0. The second kappa shape index (κ2) is 11.7. The van der Waals surface area contributed by atoms with Crippen LogP contribution in [0.5, 0.6) is 0 Å². The fourth-order valence-electron chi connectivity index (χ4n) is 5.32. The van der Waals surface area contributed by atoms with Gasteiger partial charge in [0.05, 0.1) is 43.2 Å². The van der Waals surface area contributed by atoms with Gasteiger partial charge < -0.3 is 15.0 Å². The molecule has 0 aliphatic carbocycles. The van der Waals surface area contributed by atoms with Crippen LogP contribution in [0.4, 0.5) is 11.5 Å². The third-order valence-electron chi connectivity index (χ3n) is 7.42. The molecule has 0 radical (unpaired) electrons. The molecule has 1 aromatic carbocycles. The minimum atomic E-state index is -0.183. The largest absolute Gasteiger partial charge is 0.379 e. The Morgan fingerprint density at radius 1 is 1.00 bits per heavy atom. The Hall–Kier alpha value is -4.28. The molecule has 4 aromatic heterocycles. The van der Waals surface area contributed by atoms with E-state index in [9.17, 15) is 4.79 Å². The van der Waals surface area contributed by atoms with Gasteiger partial charge in [0.25, 0.3) is 5.56 Å². The highest BCUT2D eigenvalue weighted by atomic mass is 16.5. The number of hydrogen-bond acceptors (Lipinski definition) is 7. The Morgan fingerprint density at radius 2 is 1.78 bits per heavy atom. The minimum Gasteiger partial charge on any atom is -0.379 e. The summed E-state index contributed by atoms with van der Waals surface area (Å²) < 4.78 is 9.39. The van der Waals surface area contributed by atoms with Gasteiger partial charge in [0.2, 0.25) is 0 Å². The number of aromatic amines is 1. The van der Waals surface area contributed by atoms with Gasteiger partial charge in [0, 0.05) is 61.6 Å². The number of H-pyrrole nitrogens is 1. The monoisotopic (exact) mass is 552 g/mol. The number of nitrogens with zero attached hydrogens (tertiary/aromatic N) is 6. The molecular weight excluding hydrogens is 516 g/mol. The predicted molar refractivity (Wildman–Crippen MR) is 161 cm³/mol. The lowest BCUT2D eigenvalue weighted by Crippen LogP contribution is -2.38. The Morgan fingerprint density at radius 3 is 2.59 bits per heavy atom. The van der Waals surface area contributed by atoms with Crippen molar-refractivity contribution in [1.82, 2.24) is 34.4 Å². The second-order valence-electron chi connectivity index (χ2n) is 11.1. The van der Waals surface area contributed by atoms with Gasteiger partial charge in [-0.15, -0.1) is 0 Å². The predicted octanol–water partition coefficient (Wildman–Crippen LogP) is 4.69. The highest BCUT2D eigenvalue weighted by molar-refractivity contribution is 5.95. The Kier molecular flexibility index (Phi) is 7.67. The lowest BCUT2D eigenvalue weighted by molar-refractivity contribution is 0.0360. The van der Waals surface area contributed by atoms with Gasteiger partial charge >= 0.3 is 0 Å². The van der Waals surface area contributed by atoms with Crippen molar-refractivity contribution in [3.8, 4) is 22.4 Å². The number of aromatic nitrogens is 6. The van der Waals surface area contributed by atoms with Crippen molar-refractivity contribution in [3.63, 3.8) is 0 Å². The Bertz CT molecular complexity index is 1710. The molecule has 2 N–H and O–H groups in total. The number of rotatable bonds is 9. The van der Waals surface area contributed by atoms with E-state index in [2.05, 4.69) is 64.5 Å². The molecule has 10 nitrogen and oxygen atoms in total. The zero-order valence-electron chi connectivity index (χ0n) is 23.8. The van der Waals surface area contributed by atoms with E-state index in [1.54, 1.807) is 6.20 Å². The van der Waals surface area contributed by atoms with Crippen LogP contribution in [0.15, 0.2) is 66.1 Å². The van der Waals surface area contributed by atoms with Crippen LogP contribution in [0.2, 0.25) is 0 Å². The highest BCUT2D eigenvalue weighted by Crippen LogP contribution is 2.30. The van der Waals surface area contributed by atoms with Crippen molar-refractivity contribution in [2.75, 3.05) is 38.2 Å². The van der Waals surface area contributed by atoms with Crippen LogP contribution in [0.1, 0.15) is 19.4 Å². The van der Waals surface area contributed by atoms with Gasteiger partial charge in [-0.2, -0.15) is 10.2 Å². The highest BCUT2D eigenvalue weighted by Gasteiger charge is 2.15. The van der Waals surface area contributed by atoms with E-state index in [0.29, 0.717) is 17.1 Å². The molecule has 0 atom stereocenters. The molecule has 41 heavy (non-hydrogen) atoms. The quantitative estimate of drug-likeness (QED) is 0.273. The molecule has 1 saturated heterocycles. The van der Waals surface area contributed by atoms with Crippen molar-refractivity contribution < 1.29 is 4.74 Å². The molecule has 1 fully saturated rings. The van der Waals surface area contributed by atoms with Crippen molar-refractivity contribution in [2.24, 2.45) is 5.92 Å². The number of aryl methyl sites for hydroxylation is 1. The number of fused-ring (bicyclic) bond motifs is 1. The SMILES string of the molecule is Cc1cc(Nc2nc(-c3cnn(CC(C)C)c3)cc3cc[nH]c(=O)c23)ccc1-c1cnn(CCN2CCOCC2)c1. The first-order valence-electron chi connectivity index (χ1n) is 14.2. The zero-order chi connectivity index (χ0) is 28.3.